The maximum absolute atomic E-state index is 4.74. The average Bonchev–Trinajstić information content (AvgIpc) is 2.61. The Labute approximate surface area is 102 Å². The first-order chi connectivity index (χ1) is 7.66. The van der Waals surface area contributed by atoms with E-state index in [-0.39, 0.29) is 0 Å². The van der Waals surface area contributed by atoms with E-state index < -0.39 is 0 Å². The second-order valence-electron chi connectivity index (χ2n) is 4.82. The zero-order valence-corrected chi connectivity index (χ0v) is 11.3. The van der Waals surface area contributed by atoms with Gasteiger partial charge in [-0.1, -0.05) is 0 Å². The number of hydrogen-bond donors (Lipinski definition) is 0. The van der Waals surface area contributed by atoms with Gasteiger partial charge in [-0.05, 0) is 50.9 Å². The number of aromatic nitrogens is 2. The van der Waals surface area contributed by atoms with Gasteiger partial charge in [-0.2, -0.15) is 16.9 Å². The summed E-state index contributed by atoms with van der Waals surface area (Å²) in [7, 11) is 4.19. The fourth-order valence-corrected chi connectivity index (χ4v) is 3.19. The molecule has 1 aromatic heterocycles. The Morgan fingerprint density at radius 1 is 1.44 bits per heavy atom. The maximum atomic E-state index is 4.74. The van der Waals surface area contributed by atoms with Gasteiger partial charge < -0.3 is 4.90 Å². The molecule has 2 rings (SSSR count). The largest absolute Gasteiger partial charge is 0.303 e. The highest BCUT2D eigenvalue weighted by Gasteiger charge is 2.17. The molecule has 1 fully saturated rings. The van der Waals surface area contributed by atoms with Crippen molar-refractivity contribution in [3.05, 3.63) is 17.5 Å². The van der Waals surface area contributed by atoms with Gasteiger partial charge >= 0.3 is 0 Å². The third-order valence-corrected chi connectivity index (χ3v) is 4.10. The van der Waals surface area contributed by atoms with Gasteiger partial charge in [0.1, 0.15) is 0 Å². The van der Waals surface area contributed by atoms with E-state index in [0.29, 0.717) is 6.04 Å². The quantitative estimate of drug-likeness (QED) is 0.808. The lowest BCUT2D eigenvalue weighted by molar-refractivity contribution is 0.381. The molecule has 0 atom stereocenters. The van der Waals surface area contributed by atoms with Crippen molar-refractivity contribution in [3.8, 4) is 0 Å². The third-order valence-electron chi connectivity index (χ3n) is 3.05. The zero-order valence-electron chi connectivity index (χ0n) is 10.4. The summed E-state index contributed by atoms with van der Waals surface area (Å²) in [6, 6.07) is 0.635. The molecule has 0 unspecified atom stereocenters. The van der Waals surface area contributed by atoms with Crippen LogP contribution in [0.5, 0.6) is 0 Å². The molecule has 16 heavy (non-hydrogen) atoms. The van der Waals surface area contributed by atoms with Crippen molar-refractivity contribution >= 4 is 11.8 Å². The molecule has 2 heterocycles. The zero-order chi connectivity index (χ0) is 11.5. The summed E-state index contributed by atoms with van der Waals surface area (Å²) >= 11 is 2.07. The second-order valence-corrected chi connectivity index (χ2v) is 6.04. The Morgan fingerprint density at radius 2 is 2.12 bits per heavy atom. The Morgan fingerprint density at radius 3 is 2.75 bits per heavy atom. The summed E-state index contributed by atoms with van der Waals surface area (Å²) in [6.45, 7) is 3.11. The van der Waals surface area contributed by atoms with Crippen LogP contribution in [0.15, 0.2) is 6.20 Å². The highest BCUT2D eigenvalue weighted by molar-refractivity contribution is 7.99. The van der Waals surface area contributed by atoms with Crippen molar-refractivity contribution in [3.63, 3.8) is 0 Å². The Balaban J connectivity index is 2.09. The van der Waals surface area contributed by atoms with Gasteiger partial charge in [0.15, 0.2) is 0 Å². The van der Waals surface area contributed by atoms with Crippen molar-refractivity contribution in [1.29, 1.82) is 0 Å². The summed E-state index contributed by atoms with van der Waals surface area (Å²) in [4.78, 5) is 2.18. The van der Waals surface area contributed by atoms with Gasteiger partial charge in [-0.15, -0.1) is 0 Å². The minimum atomic E-state index is 0.635. The van der Waals surface area contributed by atoms with Gasteiger partial charge in [-0.3, -0.25) is 4.68 Å². The molecule has 3 nitrogen and oxygen atoms in total. The van der Waals surface area contributed by atoms with Crippen molar-refractivity contribution in [2.45, 2.75) is 32.4 Å². The SMILES string of the molecule is Cc1cn(C2CCSCC2)nc1CN(C)C. The van der Waals surface area contributed by atoms with Crippen molar-refractivity contribution in [2.75, 3.05) is 25.6 Å². The van der Waals surface area contributed by atoms with E-state index in [1.165, 1.54) is 35.6 Å². The fourth-order valence-electron chi connectivity index (χ4n) is 2.11. The molecule has 0 radical (unpaired) electrons. The molecule has 1 aromatic rings. The molecule has 0 saturated carbocycles. The van der Waals surface area contributed by atoms with Crippen LogP contribution in [0.2, 0.25) is 0 Å². The van der Waals surface area contributed by atoms with Crippen LogP contribution in [-0.2, 0) is 6.54 Å². The predicted octanol–water partition coefficient (Wildman–Crippen LogP) is 2.32. The minimum absolute atomic E-state index is 0.635. The molecule has 90 valence electrons. The van der Waals surface area contributed by atoms with E-state index in [1.54, 1.807) is 0 Å². The number of nitrogens with zero attached hydrogens (tertiary/aromatic N) is 3. The van der Waals surface area contributed by atoms with Crippen molar-refractivity contribution < 1.29 is 0 Å². The van der Waals surface area contributed by atoms with Crippen LogP contribution in [0.25, 0.3) is 0 Å². The van der Waals surface area contributed by atoms with E-state index in [1.807, 2.05) is 0 Å². The highest BCUT2D eigenvalue weighted by Crippen LogP contribution is 2.27. The van der Waals surface area contributed by atoms with E-state index in [2.05, 4.69) is 48.6 Å². The number of aryl methyl sites for hydroxylation is 1. The first kappa shape index (κ1) is 12.0. The van der Waals surface area contributed by atoms with Crippen LogP contribution < -0.4 is 0 Å². The van der Waals surface area contributed by atoms with Crippen LogP contribution in [0.1, 0.15) is 30.1 Å². The molecule has 0 N–H and O–H groups in total. The van der Waals surface area contributed by atoms with Crippen LogP contribution in [0.3, 0.4) is 0 Å². The lowest BCUT2D eigenvalue weighted by Crippen LogP contribution is -2.17. The Kier molecular flexibility index (Phi) is 3.92. The molecule has 0 amide bonds. The van der Waals surface area contributed by atoms with Gasteiger partial charge in [0, 0.05) is 12.7 Å². The lowest BCUT2D eigenvalue weighted by Gasteiger charge is -2.21. The summed E-state index contributed by atoms with van der Waals surface area (Å²) in [5.41, 5.74) is 2.55. The van der Waals surface area contributed by atoms with Crippen molar-refractivity contribution in [2.24, 2.45) is 0 Å². The Hall–Kier alpha value is -0.480. The predicted molar refractivity (Wildman–Crippen MR) is 70.0 cm³/mol. The topological polar surface area (TPSA) is 21.1 Å². The van der Waals surface area contributed by atoms with Crippen molar-refractivity contribution in [1.82, 2.24) is 14.7 Å². The monoisotopic (exact) mass is 239 g/mol. The van der Waals surface area contributed by atoms with E-state index in [4.69, 9.17) is 5.10 Å². The number of thioether (sulfide) groups is 1. The fraction of sp³-hybridized carbons (Fsp3) is 0.750. The second kappa shape index (κ2) is 5.23. The third kappa shape index (κ3) is 2.80. The molecular weight excluding hydrogens is 218 g/mol. The van der Waals surface area contributed by atoms with Gasteiger partial charge in [0.2, 0.25) is 0 Å². The van der Waals surface area contributed by atoms with Crippen LogP contribution in [0.4, 0.5) is 0 Å². The summed E-state index contributed by atoms with van der Waals surface area (Å²) in [6.07, 6.45) is 4.76. The maximum Gasteiger partial charge on any atom is 0.0793 e. The smallest absolute Gasteiger partial charge is 0.0793 e. The highest BCUT2D eigenvalue weighted by atomic mass is 32.2. The van der Waals surface area contributed by atoms with Crippen LogP contribution in [0, 0.1) is 6.92 Å². The van der Waals surface area contributed by atoms with Crippen LogP contribution >= 0.6 is 11.8 Å². The molecule has 1 aliphatic rings. The Bertz CT molecular complexity index is 340. The minimum Gasteiger partial charge on any atom is -0.303 e. The number of rotatable bonds is 3. The molecule has 0 spiro atoms. The molecule has 0 bridgehead atoms. The summed E-state index contributed by atoms with van der Waals surface area (Å²) < 4.78 is 2.20. The normalized spacial score (nSPS) is 18.2. The van der Waals surface area contributed by atoms with E-state index >= 15 is 0 Å². The first-order valence-corrected chi connectivity index (χ1v) is 7.09. The number of hydrogen-bond acceptors (Lipinski definition) is 3. The molecule has 0 aliphatic carbocycles. The standard InChI is InChI=1S/C12H21N3S/c1-10-8-15(11-4-6-16-7-5-11)13-12(10)9-14(2)3/h8,11H,4-7,9H2,1-3H3. The molecule has 0 aromatic carbocycles. The lowest BCUT2D eigenvalue weighted by atomic mass is 10.2. The summed E-state index contributed by atoms with van der Waals surface area (Å²) in [5, 5.41) is 4.74. The molecule has 1 saturated heterocycles. The summed E-state index contributed by atoms with van der Waals surface area (Å²) in [5.74, 6) is 2.57. The van der Waals surface area contributed by atoms with Gasteiger partial charge in [0.25, 0.3) is 0 Å². The van der Waals surface area contributed by atoms with Gasteiger partial charge in [0.05, 0.1) is 11.7 Å². The molecular formula is C12H21N3S. The first-order valence-electron chi connectivity index (χ1n) is 5.94. The van der Waals surface area contributed by atoms with E-state index in [9.17, 15) is 0 Å². The van der Waals surface area contributed by atoms with Gasteiger partial charge in [-0.25, -0.2) is 0 Å². The van der Waals surface area contributed by atoms with E-state index in [0.717, 1.165) is 6.54 Å². The average molecular weight is 239 g/mol. The van der Waals surface area contributed by atoms with Crippen LogP contribution in [-0.4, -0.2) is 40.3 Å². The molecule has 4 heteroatoms. The molecule has 1 aliphatic heterocycles.